The van der Waals surface area contributed by atoms with Gasteiger partial charge in [0.05, 0.1) is 5.69 Å². The molecule has 4 heteroatoms. The van der Waals surface area contributed by atoms with Gasteiger partial charge in [-0.25, -0.2) is 0 Å². The van der Waals surface area contributed by atoms with Gasteiger partial charge >= 0.3 is 0 Å². The van der Waals surface area contributed by atoms with E-state index in [4.69, 9.17) is 0 Å². The average Bonchev–Trinajstić information content (AvgIpc) is 2.47. The van der Waals surface area contributed by atoms with E-state index in [0.717, 1.165) is 12.1 Å². The number of hydrogen-bond donors (Lipinski definition) is 3. The number of aliphatic hydroxyl groups excluding tert-OH is 1. The standard InChI is InChI=1S/C16H26N2O2/c1-12-7-8-16(20)15(18-12)11-17-14(9-10-19)13-5-3-2-4-6-13/h7-8,13-14,17,19-20H,2-6,9-11H2,1H3. The first kappa shape index (κ1) is 15.3. The highest BCUT2D eigenvalue weighted by molar-refractivity contribution is 5.27. The van der Waals surface area contributed by atoms with Gasteiger partial charge in [-0.2, -0.15) is 0 Å². The molecule has 1 saturated carbocycles. The molecule has 0 aromatic carbocycles. The van der Waals surface area contributed by atoms with E-state index in [1.165, 1.54) is 32.1 Å². The Labute approximate surface area is 121 Å². The first-order valence-electron chi connectivity index (χ1n) is 7.70. The summed E-state index contributed by atoms with van der Waals surface area (Å²) in [5, 5.41) is 22.6. The molecule has 1 atom stereocenters. The van der Waals surface area contributed by atoms with Gasteiger partial charge in [0.2, 0.25) is 0 Å². The van der Waals surface area contributed by atoms with Crippen LogP contribution in [0.1, 0.15) is 49.9 Å². The van der Waals surface area contributed by atoms with E-state index < -0.39 is 0 Å². The number of rotatable bonds is 6. The topological polar surface area (TPSA) is 65.4 Å². The molecule has 0 aliphatic heterocycles. The normalized spacial score (nSPS) is 18.1. The summed E-state index contributed by atoms with van der Waals surface area (Å²) in [5.41, 5.74) is 1.61. The molecular formula is C16H26N2O2. The summed E-state index contributed by atoms with van der Waals surface area (Å²) in [6.45, 7) is 2.70. The van der Waals surface area contributed by atoms with Crippen molar-refractivity contribution in [2.75, 3.05) is 6.61 Å². The Kier molecular flexibility index (Phi) is 5.80. The maximum absolute atomic E-state index is 9.84. The van der Waals surface area contributed by atoms with Crippen molar-refractivity contribution in [3.63, 3.8) is 0 Å². The van der Waals surface area contributed by atoms with Crippen LogP contribution in [0.25, 0.3) is 0 Å². The van der Waals surface area contributed by atoms with E-state index in [0.29, 0.717) is 24.2 Å². The molecule has 0 spiro atoms. The number of hydrogen-bond acceptors (Lipinski definition) is 4. The van der Waals surface area contributed by atoms with E-state index in [9.17, 15) is 10.2 Å². The Hall–Kier alpha value is -1.13. The number of nitrogens with one attached hydrogen (secondary N) is 1. The third-order valence-electron chi connectivity index (χ3n) is 4.28. The van der Waals surface area contributed by atoms with Gasteiger partial charge in [0.1, 0.15) is 5.75 Å². The molecule has 0 amide bonds. The second-order valence-corrected chi connectivity index (χ2v) is 5.82. The average molecular weight is 278 g/mol. The third kappa shape index (κ3) is 4.18. The molecule has 2 rings (SSSR count). The van der Waals surface area contributed by atoms with Crippen LogP contribution in [0, 0.1) is 12.8 Å². The molecule has 1 aliphatic rings. The molecule has 112 valence electrons. The number of pyridine rings is 1. The molecule has 1 aromatic heterocycles. The minimum Gasteiger partial charge on any atom is -0.506 e. The number of aryl methyl sites for hydroxylation is 1. The second kappa shape index (κ2) is 7.60. The van der Waals surface area contributed by atoms with E-state index in [1.54, 1.807) is 6.07 Å². The fraction of sp³-hybridized carbons (Fsp3) is 0.688. The van der Waals surface area contributed by atoms with Gasteiger partial charge in [0.25, 0.3) is 0 Å². The van der Waals surface area contributed by atoms with Crippen molar-refractivity contribution in [2.45, 2.75) is 58.0 Å². The Morgan fingerprint density at radius 2 is 2.05 bits per heavy atom. The highest BCUT2D eigenvalue weighted by Gasteiger charge is 2.23. The van der Waals surface area contributed by atoms with Crippen LogP contribution >= 0.6 is 0 Å². The van der Waals surface area contributed by atoms with Crippen molar-refractivity contribution in [1.29, 1.82) is 0 Å². The van der Waals surface area contributed by atoms with Gasteiger partial charge in [0.15, 0.2) is 0 Å². The number of aromatic nitrogens is 1. The quantitative estimate of drug-likeness (QED) is 0.748. The fourth-order valence-electron chi connectivity index (χ4n) is 3.14. The maximum Gasteiger partial charge on any atom is 0.138 e. The van der Waals surface area contributed by atoms with Crippen molar-refractivity contribution in [1.82, 2.24) is 10.3 Å². The third-order valence-corrected chi connectivity index (χ3v) is 4.28. The van der Waals surface area contributed by atoms with Gasteiger partial charge in [-0.3, -0.25) is 4.98 Å². The number of nitrogens with zero attached hydrogens (tertiary/aromatic N) is 1. The SMILES string of the molecule is Cc1ccc(O)c(CNC(CCO)C2CCCCC2)n1. The van der Waals surface area contributed by atoms with E-state index in [-0.39, 0.29) is 12.4 Å². The van der Waals surface area contributed by atoms with Crippen LogP contribution in [0.15, 0.2) is 12.1 Å². The molecule has 4 nitrogen and oxygen atoms in total. The lowest BCUT2D eigenvalue weighted by Gasteiger charge is -2.30. The molecule has 1 unspecified atom stereocenters. The molecule has 1 aliphatic carbocycles. The summed E-state index contributed by atoms with van der Waals surface area (Å²) in [7, 11) is 0. The van der Waals surface area contributed by atoms with Gasteiger partial charge in [-0.05, 0) is 44.2 Å². The summed E-state index contributed by atoms with van der Waals surface area (Å²) < 4.78 is 0. The Morgan fingerprint density at radius 3 is 2.75 bits per heavy atom. The van der Waals surface area contributed by atoms with Crippen molar-refractivity contribution in [3.8, 4) is 5.75 Å². The molecule has 1 heterocycles. The van der Waals surface area contributed by atoms with E-state index >= 15 is 0 Å². The summed E-state index contributed by atoms with van der Waals surface area (Å²) >= 11 is 0. The van der Waals surface area contributed by atoms with Crippen LogP contribution in [0.2, 0.25) is 0 Å². The van der Waals surface area contributed by atoms with Gasteiger partial charge in [0, 0.05) is 24.9 Å². The maximum atomic E-state index is 9.84. The smallest absolute Gasteiger partial charge is 0.138 e. The molecule has 1 fully saturated rings. The minimum atomic E-state index is 0.210. The van der Waals surface area contributed by atoms with Gasteiger partial charge in [-0.15, -0.1) is 0 Å². The molecule has 20 heavy (non-hydrogen) atoms. The second-order valence-electron chi connectivity index (χ2n) is 5.82. The Balaban J connectivity index is 1.95. The molecule has 3 N–H and O–H groups in total. The summed E-state index contributed by atoms with van der Waals surface area (Å²) in [6, 6.07) is 3.83. The van der Waals surface area contributed by atoms with Crippen molar-refractivity contribution < 1.29 is 10.2 Å². The molecule has 0 radical (unpaired) electrons. The van der Waals surface area contributed by atoms with Crippen LogP contribution < -0.4 is 5.32 Å². The zero-order valence-corrected chi connectivity index (χ0v) is 12.3. The molecule has 1 aromatic rings. The van der Waals surface area contributed by atoms with Crippen LogP contribution in [-0.2, 0) is 6.54 Å². The first-order valence-corrected chi connectivity index (χ1v) is 7.70. The van der Waals surface area contributed by atoms with Gasteiger partial charge in [-0.1, -0.05) is 19.3 Å². The van der Waals surface area contributed by atoms with Crippen molar-refractivity contribution >= 4 is 0 Å². The number of aliphatic hydroxyl groups is 1. The predicted octanol–water partition coefficient (Wildman–Crippen LogP) is 2.52. The lowest BCUT2D eigenvalue weighted by molar-refractivity contribution is 0.205. The highest BCUT2D eigenvalue weighted by Crippen LogP contribution is 2.28. The lowest BCUT2D eigenvalue weighted by atomic mass is 9.82. The largest absolute Gasteiger partial charge is 0.506 e. The Bertz CT molecular complexity index is 417. The number of aromatic hydroxyl groups is 1. The monoisotopic (exact) mass is 278 g/mol. The van der Waals surface area contributed by atoms with E-state index in [2.05, 4.69) is 10.3 Å². The predicted molar refractivity (Wildman–Crippen MR) is 79.5 cm³/mol. The van der Waals surface area contributed by atoms with Gasteiger partial charge < -0.3 is 15.5 Å². The minimum absolute atomic E-state index is 0.210. The molecular weight excluding hydrogens is 252 g/mol. The van der Waals surface area contributed by atoms with Crippen LogP contribution in [0.5, 0.6) is 5.75 Å². The van der Waals surface area contributed by atoms with E-state index in [1.807, 2.05) is 13.0 Å². The summed E-state index contributed by atoms with van der Waals surface area (Å²) in [5.74, 6) is 0.886. The summed E-state index contributed by atoms with van der Waals surface area (Å²) in [6.07, 6.45) is 7.18. The fourth-order valence-corrected chi connectivity index (χ4v) is 3.14. The lowest BCUT2D eigenvalue weighted by Crippen LogP contribution is -2.37. The van der Waals surface area contributed by atoms with Crippen molar-refractivity contribution in [2.24, 2.45) is 5.92 Å². The Morgan fingerprint density at radius 1 is 1.30 bits per heavy atom. The zero-order chi connectivity index (χ0) is 14.4. The zero-order valence-electron chi connectivity index (χ0n) is 12.3. The molecule has 0 bridgehead atoms. The summed E-state index contributed by atoms with van der Waals surface area (Å²) in [4.78, 5) is 4.37. The van der Waals surface area contributed by atoms with Crippen LogP contribution in [0.3, 0.4) is 0 Å². The highest BCUT2D eigenvalue weighted by atomic mass is 16.3. The first-order chi connectivity index (χ1) is 9.70. The van der Waals surface area contributed by atoms with Crippen molar-refractivity contribution in [3.05, 3.63) is 23.5 Å². The van der Waals surface area contributed by atoms with Crippen LogP contribution in [-0.4, -0.2) is 27.8 Å². The molecule has 0 saturated heterocycles. The van der Waals surface area contributed by atoms with Crippen LogP contribution in [0.4, 0.5) is 0 Å².